The molecule has 1 amide bonds. The number of rotatable bonds is 5. The number of pyridine rings is 1. The van der Waals surface area contributed by atoms with Gasteiger partial charge in [0.1, 0.15) is 5.65 Å². The Hall–Kier alpha value is -2.59. The molecule has 4 nitrogen and oxygen atoms in total. The Balaban J connectivity index is 1.64. The summed E-state index contributed by atoms with van der Waals surface area (Å²) < 4.78 is 1.85. The lowest BCUT2D eigenvalue weighted by molar-refractivity contribution is -0.116. The summed E-state index contributed by atoms with van der Waals surface area (Å²) in [6, 6.07) is 15.8. The molecule has 1 atom stereocenters. The van der Waals surface area contributed by atoms with Crippen LogP contribution in [0.2, 0.25) is 5.15 Å². The van der Waals surface area contributed by atoms with Gasteiger partial charge >= 0.3 is 0 Å². The van der Waals surface area contributed by atoms with Crippen LogP contribution >= 0.6 is 11.6 Å². The largest absolute Gasteiger partial charge is 0.352 e. The standard InChI is InChI=1S/C19H18ClN3O/c1-14(15-7-3-2-4-8-15)13-21-18(24)11-10-16-19(20)22-17-9-5-6-12-23(16)17/h2-12,14H,13H2,1H3,(H,21,24)/b11-10+. The molecule has 1 N–H and O–H groups in total. The average Bonchev–Trinajstić information content (AvgIpc) is 2.93. The Kier molecular flexibility index (Phi) is 4.96. The van der Waals surface area contributed by atoms with Crippen LogP contribution in [0.3, 0.4) is 0 Å². The zero-order valence-corrected chi connectivity index (χ0v) is 14.1. The molecule has 1 unspecified atom stereocenters. The lowest BCUT2D eigenvalue weighted by Crippen LogP contribution is -2.25. The van der Waals surface area contributed by atoms with Crippen molar-refractivity contribution in [1.29, 1.82) is 0 Å². The van der Waals surface area contributed by atoms with Crippen LogP contribution in [0.1, 0.15) is 24.1 Å². The summed E-state index contributed by atoms with van der Waals surface area (Å²) in [6.07, 6.45) is 5.04. The van der Waals surface area contributed by atoms with Gasteiger partial charge in [-0.1, -0.05) is 54.9 Å². The van der Waals surface area contributed by atoms with Crippen molar-refractivity contribution in [1.82, 2.24) is 14.7 Å². The Labute approximate surface area is 145 Å². The van der Waals surface area contributed by atoms with E-state index in [1.165, 1.54) is 11.6 Å². The van der Waals surface area contributed by atoms with Crippen LogP contribution < -0.4 is 5.32 Å². The number of aromatic nitrogens is 2. The molecule has 0 aliphatic rings. The molecule has 0 saturated heterocycles. The molecular formula is C19H18ClN3O. The molecule has 3 aromatic rings. The van der Waals surface area contributed by atoms with E-state index in [2.05, 4.69) is 29.4 Å². The normalized spacial score (nSPS) is 12.6. The topological polar surface area (TPSA) is 46.4 Å². The maximum absolute atomic E-state index is 12.1. The van der Waals surface area contributed by atoms with Gasteiger partial charge in [0.25, 0.3) is 0 Å². The molecule has 0 spiro atoms. The minimum atomic E-state index is -0.153. The molecule has 5 heteroatoms. The quantitative estimate of drug-likeness (QED) is 0.716. The highest BCUT2D eigenvalue weighted by atomic mass is 35.5. The first-order valence-electron chi connectivity index (χ1n) is 7.78. The summed E-state index contributed by atoms with van der Waals surface area (Å²) in [6.45, 7) is 2.66. The van der Waals surface area contributed by atoms with E-state index < -0.39 is 0 Å². The second-order valence-electron chi connectivity index (χ2n) is 5.61. The van der Waals surface area contributed by atoms with E-state index in [0.717, 1.165) is 5.65 Å². The molecule has 3 rings (SSSR count). The van der Waals surface area contributed by atoms with Crippen LogP contribution in [-0.2, 0) is 4.79 Å². The molecule has 122 valence electrons. The number of amides is 1. The number of hydrogen-bond donors (Lipinski definition) is 1. The van der Waals surface area contributed by atoms with E-state index in [0.29, 0.717) is 17.4 Å². The van der Waals surface area contributed by atoms with E-state index in [9.17, 15) is 4.79 Å². The summed E-state index contributed by atoms with van der Waals surface area (Å²) in [5.74, 6) is 0.0997. The van der Waals surface area contributed by atoms with Gasteiger partial charge in [0.2, 0.25) is 5.91 Å². The Morgan fingerprint density at radius 3 is 2.79 bits per heavy atom. The van der Waals surface area contributed by atoms with Crippen molar-refractivity contribution in [2.24, 2.45) is 0 Å². The fourth-order valence-corrected chi connectivity index (χ4v) is 2.74. The van der Waals surface area contributed by atoms with Crippen LogP contribution in [-0.4, -0.2) is 21.8 Å². The SMILES string of the molecule is CC(CNC(=O)/C=C/c1c(Cl)nc2ccccn12)c1ccccc1. The van der Waals surface area contributed by atoms with Crippen molar-refractivity contribution in [2.75, 3.05) is 6.54 Å². The summed E-state index contributed by atoms with van der Waals surface area (Å²) in [4.78, 5) is 16.3. The van der Waals surface area contributed by atoms with Gasteiger partial charge in [-0.3, -0.25) is 9.20 Å². The summed E-state index contributed by atoms with van der Waals surface area (Å²) >= 11 is 6.14. The van der Waals surface area contributed by atoms with E-state index in [4.69, 9.17) is 11.6 Å². The van der Waals surface area contributed by atoms with E-state index >= 15 is 0 Å². The summed E-state index contributed by atoms with van der Waals surface area (Å²) in [7, 11) is 0. The molecule has 24 heavy (non-hydrogen) atoms. The third kappa shape index (κ3) is 3.66. The monoisotopic (exact) mass is 339 g/mol. The van der Waals surface area contributed by atoms with Gasteiger partial charge < -0.3 is 5.32 Å². The van der Waals surface area contributed by atoms with Crippen LogP contribution in [0.25, 0.3) is 11.7 Å². The van der Waals surface area contributed by atoms with Crippen molar-refractivity contribution in [2.45, 2.75) is 12.8 Å². The highest BCUT2D eigenvalue weighted by molar-refractivity contribution is 6.31. The number of carbonyl (C=O) groups is 1. The van der Waals surface area contributed by atoms with Gasteiger partial charge in [-0.25, -0.2) is 4.98 Å². The van der Waals surface area contributed by atoms with Gasteiger partial charge in [0.05, 0.1) is 5.69 Å². The first kappa shape index (κ1) is 16.3. The third-order valence-corrected chi connectivity index (χ3v) is 4.14. The lowest BCUT2D eigenvalue weighted by Gasteiger charge is -2.11. The molecule has 1 aromatic carbocycles. The Morgan fingerprint density at radius 1 is 1.25 bits per heavy atom. The fourth-order valence-electron chi connectivity index (χ4n) is 2.50. The van der Waals surface area contributed by atoms with Crippen molar-refractivity contribution in [3.8, 4) is 0 Å². The smallest absolute Gasteiger partial charge is 0.244 e. The van der Waals surface area contributed by atoms with Crippen molar-refractivity contribution < 1.29 is 4.79 Å². The number of fused-ring (bicyclic) bond motifs is 1. The second kappa shape index (κ2) is 7.32. The minimum absolute atomic E-state index is 0.153. The fraction of sp³-hybridized carbons (Fsp3) is 0.158. The van der Waals surface area contributed by atoms with Crippen LogP contribution in [0.5, 0.6) is 0 Å². The summed E-state index contributed by atoms with van der Waals surface area (Å²) in [5.41, 5.74) is 2.64. The molecule has 0 aliphatic carbocycles. The first-order chi connectivity index (χ1) is 11.6. The molecule has 2 heterocycles. The van der Waals surface area contributed by atoms with Gasteiger partial charge in [0.15, 0.2) is 5.15 Å². The number of imidazole rings is 1. The predicted octanol–water partition coefficient (Wildman–Crippen LogP) is 3.92. The zero-order valence-electron chi connectivity index (χ0n) is 13.3. The van der Waals surface area contributed by atoms with Crippen LogP contribution in [0.15, 0.2) is 60.8 Å². The number of hydrogen-bond acceptors (Lipinski definition) is 2. The second-order valence-corrected chi connectivity index (χ2v) is 5.96. The summed E-state index contributed by atoms with van der Waals surface area (Å²) in [5, 5.41) is 3.29. The maximum atomic E-state index is 12.1. The first-order valence-corrected chi connectivity index (χ1v) is 8.16. The molecule has 0 aliphatic heterocycles. The number of nitrogens with one attached hydrogen (secondary N) is 1. The minimum Gasteiger partial charge on any atom is -0.352 e. The highest BCUT2D eigenvalue weighted by Gasteiger charge is 2.08. The van der Waals surface area contributed by atoms with Gasteiger partial charge in [-0.2, -0.15) is 0 Å². The van der Waals surface area contributed by atoms with Gasteiger partial charge in [0, 0.05) is 18.8 Å². The number of nitrogens with zero attached hydrogens (tertiary/aromatic N) is 2. The van der Waals surface area contributed by atoms with E-state index in [-0.39, 0.29) is 11.8 Å². The Bertz CT molecular complexity index is 871. The van der Waals surface area contributed by atoms with E-state index in [1.807, 2.05) is 47.0 Å². The Morgan fingerprint density at radius 2 is 2.00 bits per heavy atom. The molecule has 2 aromatic heterocycles. The third-order valence-electron chi connectivity index (χ3n) is 3.87. The number of benzene rings is 1. The van der Waals surface area contributed by atoms with Gasteiger partial charge in [-0.15, -0.1) is 0 Å². The lowest BCUT2D eigenvalue weighted by atomic mass is 10.0. The van der Waals surface area contributed by atoms with Crippen molar-refractivity contribution in [3.63, 3.8) is 0 Å². The molecule has 0 radical (unpaired) electrons. The molecule has 0 saturated carbocycles. The zero-order chi connectivity index (χ0) is 16.9. The maximum Gasteiger partial charge on any atom is 0.244 e. The number of carbonyl (C=O) groups excluding carboxylic acids is 1. The van der Waals surface area contributed by atoms with Crippen LogP contribution in [0, 0.1) is 0 Å². The van der Waals surface area contributed by atoms with Gasteiger partial charge in [-0.05, 0) is 29.7 Å². The molecular weight excluding hydrogens is 322 g/mol. The van der Waals surface area contributed by atoms with Crippen molar-refractivity contribution >= 4 is 29.2 Å². The van der Waals surface area contributed by atoms with Crippen molar-refractivity contribution in [3.05, 3.63) is 77.2 Å². The number of halogens is 1. The molecule has 0 bridgehead atoms. The van der Waals surface area contributed by atoms with Crippen LogP contribution in [0.4, 0.5) is 0 Å². The van der Waals surface area contributed by atoms with E-state index in [1.54, 1.807) is 6.08 Å². The molecule has 0 fully saturated rings. The predicted molar refractivity (Wildman–Crippen MR) is 97.1 cm³/mol. The average molecular weight is 340 g/mol. The highest BCUT2D eigenvalue weighted by Crippen LogP contribution is 2.19.